The number of rotatable bonds is 3. The van der Waals surface area contributed by atoms with E-state index in [-0.39, 0.29) is 5.91 Å². The van der Waals surface area contributed by atoms with Gasteiger partial charge >= 0.3 is 0 Å². The Balaban J connectivity index is 2.14. The van der Waals surface area contributed by atoms with Gasteiger partial charge in [0, 0.05) is 5.56 Å². The first-order valence-electron chi connectivity index (χ1n) is 6.42. The number of hydrogen-bond acceptors (Lipinski definition) is 4. The lowest BCUT2D eigenvalue weighted by molar-refractivity contribution is 0.0950. The fraction of sp³-hybridized carbons (Fsp3) is 0. The SMILES string of the molecule is NNC(=O)c1nc(-c2ccccc2)sc1-c1ccccc1. The predicted molar refractivity (Wildman–Crippen MR) is 84.6 cm³/mol. The first-order chi connectivity index (χ1) is 10.3. The minimum atomic E-state index is -0.382. The number of nitrogens with one attached hydrogen (secondary N) is 1. The first-order valence-corrected chi connectivity index (χ1v) is 7.24. The fourth-order valence-electron chi connectivity index (χ4n) is 2.03. The Hall–Kier alpha value is -2.50. The van der Waals surface area contributed by atoms with Gasteiger partial charge in [0.05, 0.1) is 4.88 Å². The standard InChI is InChI=1S/C16H13N3OS/c17-19-15(20)13-14(11-7-3-1-4-8-11)21-16(18-13)12-9-5-2-6-10-12/h1-10H,17H2,(H,19,20). The lowest BCUT2D eigenvalue weighted by atomic mass is 10.1. The molecule has 0 saturated heterocycles. The molecular weight excluding hydrogens is 282 g/mol. The fourth-order valence-corrected chi connectivity index (χ4v) is 3.10. The highest BCUT2D eigenvalue weighted by Gasteiger charge is 2.19. The van der Waals surface area contributed by atoms with Gasteiger partial charge in [-0.2, -0.15) is 0 Å². The smallest absolute Gasteiger partial charge is 0.285 e. The van der Waals surface area contributed by atoms with E-state index in [4.69, 9.17) is 5.84 Å². The minimum absolute atomic E-state index is 0.354. The van der Waals surface area contributed by atoms with Crippen molar-refractivity contribution in [2.24, 2.45) is 5.84 Å². The average molecular weight is 295 g/mol. The molecule has 0 unspecified atom stereocenters. The van der Waals surface area contributed by atoms with Crippen molar-refractivity contribution in [2.45, 2.75) is 0 Å². The van der Waals surface area contributed by atoms with E-state index < -0.39 is 0 Å². The summed E-state index contributed by atoms with van der Waals surface area (Å²) in [5.74, 6) is 4.88. The molecular formula is C16H13N3OS. The molecule has 4 nitrogen and oxygen atoms in total. The van der Waals surface area contributed by atoms with Crippen LogP contribution < -0.4 is 11.3 Å². The maximum atomic E-state index is 12.0. The molecule has 3 aromatic rings. The van der Waals surface area contributed by atoms with Gasteiger partial charge in [-0.1, -0.05) is 60.7 Å². The Morgan fingerprint density at radius 1 is 0.952 bits per heavy atom. The van der Waals surface area contributed by atoms with Crippen LogP contribution in [0.2, 0.25) is 0 Å². The topological polar surface area (TPSA) is 68.0 Å². The molecule has 2 aromatic carbocycles. The van der Waals surface area contributed by atoms with Crippen LogP contribution in [0.25, 0.3) is 21.0 Å². The number of hydrazine groups is 1. The molecule has 1 amide bonds. The number of nitrogen functional groups attached to an aromatic ring is 1. The van der Waals surface area contributed by atoms with Crippen molar-refractivity contribution in [1.82, 2.24) is 10.4 Å². The summed E-state index contributed by atoms with van der Waals surface area (Å²) in [4.78, 5) is 17.2. The molecule has 0 aliphatic heterocycles. The van der Waals surface area contributed by atoms with E-state index in [1.54, 1.807) is 0 Å². The van der Waals surface area contributed by atoms with Gasteiger partial charge in [0.2, 0.25) is 0 Å². The third-order valence-corrected chi connectivity index (χ3v) is 4.18. The van der Waals surface area contributed by atoms with Crippen molar-refractivity contribution in [3.63, 3.8) is 0 Å². The summed E-state index contributed by atoms with van der Waals surface area (Å²) >= 11 is 1.48. The van der Waals surface area contributed by atoms with Crippen molar-refractivity contribution >= 4 is 17.2 Å². The van der Waals surface area contributed by atoms with Crippen LogP contribution in [0.3, 0.4) is 0 Å². The van der Waals surface area contributed by atoms with Gasteiger partial charge in [-0.05, 0) is 5.56 Å². The van der Waals surface area contributed by atoms with E-state index in [2.05, 4.69) is 10.4 Å². The molecule has 0 saturated carbocycles. The number of hydrogen-bond donors (Lipinski definition) is 2. The Morgan fingerprint density at radius 3 is 2.10 bits per heavy atom. The van der Waals surface area contributed by atoms with Crippen LogP contribution >= 0.6 is 11.3 Å². The molecule has 0 bridgehead atoms. The number of thiazole rings is 1. The lowest BCUT2D eigenvalue weighted by Crippen LogP contribution is -2.30. The predicted octanol–water partition coefficient (Wildman–Crippen LogP) is 3.08. The summed E-state index contributed by atoms with van der Waals surface area (Å²) in [6, 6.07) is 19.5. The number of amides is 1. The third-order valence-electron chi connectivity index (χ3n) is 3.03. The Morgan fingerprint density at radius 2 is 1.52 bits per heavy atom. The molecule has 0 atom stereocenters. The molecule has 0 aliphatic carbocycles. The summed E-state index contributed by atoms with van der Waals surface area (Å²) in [5, 5.41) is 0.799. The minimum Gasteiger partial charge on any atom is -0.289 e. The monoisotopic (exact) mass is 295 g/mol. The number of carbonyl (C=O) groups excluding carboxylic acids is 1. The Labute approximate surface area is 126 Å². The zero-order valence-electron chi connectivity index (χ0n) is 11.1. The number of nitrogens with two attached hydrogens (primary N) is 1. The van der Waals surface area contributed by atoms with E-state index >= 15 is 0 Å². The summed E-state index contributed by atoms with van der Waals surface area (Å²) in [6.45, 7) is 0. The molecule has 104 valence electrons. The highest BCUT2D eigenvalue weighted by Crippen LogP contribution is 2.35. The molecule has 0 radical (unpaired) electrons. The van der Waals surface area contributed by atoms with Gasteiger partial charge in [0.15, 0.2) is 0 Å². The van der Waals surface area contributed by atoms with Gasteiger partial charge < -0.3 is 0 Å². The normalized spacial score (nSPS) is 10.3. The van der Waals surface area contributed by atoms with E-state index in [1.807, 2.05) is 60.7 Å². The van der Waals surface area contributed by atoms with Crippen LogP contribution in [-0.2, 0) is 0 Å². The van der Waals surface area contributed by atoms with Crippen LogP contribution in [0.4, 0.5) is 0 Å². The van der Waals surface area contributed by atoms with Crippen LogP contribution in [0.15, 0.2) is 60.7 Å². The largest absolute Gasteiger partial charge is 0.289 e. The van der Waals surface area contributed by atoms with Crippen molar-refractivity contribution in [2.75, 3.05) is 0 Å². The number of aromatic nitrogens is 1. The number of benzene rings is 2. The molecule has 3 N–H and O–H groups in total. The van der Waals surface area contributed by atoms with Crippen LogP contribution in [0, 0.1) is 0 Å². The highest BCUT2D eigenvalue weighted by atomic mass is 32.1. The quantitative estimate of drug-likeness (QED) is 0.443. The molecule has 3 rings (SSSR count). The second-order valence-electron chi connectivity index (χ2n) is 4.40. The van der Waals surface area contributed by atoms with Gasteiger partial charge in [-0.15, -0.1) is 11.3 Å². The zero-order chi connectivity index (χ0) is 14.7. The van der Waals surface area contributed by atoms with Crippen LogP contribution in [0.1, 0.15) is 10.5 Å². The van der Waals surface area contributed by atoms with Crippen LogP contribution in [0.5, 0.6) is 0 Å². The van der Waals surface area contributed by atoms with E-state index in [1.165, 1.54) is 11.3 Å². The van der Waals surface area contributed by atoms with Gasteiger partial charge in [-0.25, -0.2) is 10.8 Å². The van der Waals surface area contributed by atoms with Crippen molar-refractivity contribution in [3.8, 4) is 21.0 Å². The lowest BCUT2D eigenvalue weighted by Gasteiger charge is -2.00. The maximum Gasteiger partial charge on any atom is 0.285 e. The Bertz CT molecular complexity index is 754. The summed E-state index contributed by atoms with van der Waals surface area (Å²) in [7, 11) is 0. The van der Waals surface area contributed by atoms with Crippen molar-refractivity contribution < 1.29 is 4.79 Å². The van der Waals surface area contributed by atoms with Crippen molar-refractivity contribution in [1.29, 1.82) is 0 Å². The van der Waals surface area contributed by atoms with Crippen molar-refractivity contribution in [3.05, 3.63) is 66.4 Å². The Kier molecular flexibility index (Phi) is 3.77. The average Bonchev–Trinajstić information content (AvgIpc) is 3.01. The molecule has 21 heavy (non-hydrogen) atoms. The first kappa shape index (κ1) is 13.5. The summed E-state index contributed by atoms with van der Waals surface area (Å²) in [6.07, 6.45) is 0. The molecule has 1 aromatic heterocycles. The van der Waals surface area contributed by atoms with Gasteiger partial charge in [0.1, 0.15) is 10.7 Å². The third kappa shape index (κ3) is 2.69. The molecule has 0 fully saturated rings. The van der Waals surface area contributed by atoms with Gasteiger partial charge in [-0.3, -0.25) is 10.2 Å². The number of carbonyl (C=O) groups is 1. The maximum absolute atomic E-state index is 12.0. The van der Waals surface area contributed by atoms with E-state index in [0.29, 0.717) is 5.69 Å². The van der Waals surface area contributed by atoms with Crippen LogP contribution in [-0.4, -0.2) is 10.9 Å². The van der Waals surface area contributed by atoms with E-state index in [0.717, 1.165) is 21.0 Å². The van der Waals surface area contributed by atoms with E-state index in [9.17, 15) is 4.79 Å². The zero-order valence-corrected chi connectivity index (χ0v) is 11.9. The number of nitrogens with zero attached hydrogens (tertiary/aromatic N) is 1. The molecule has 0 aliphatic rings. The highest BCUT2D eigenvalue weighted by molar-refractivity contribution is 7.18. The molecule has 5 heteroatoms. The summed E-state index contributed by atoms with van der Waals surface area (Å²) < 4.78 is 0. The molecule has 1 heterocycles. The van der Waals surface area contributed by atoms with Gasteiger partial charge in [0.25, 0.3) is 5.91 Å². The molecule has 0 spiro atoms. The second kappa shape index (κ2) is 5.87. The summed E-state index contributed by atoms with van der Waals surface area (Å²) in [5.41, 5.74) is 4.45. The second-order valence-corrected chi connectivity index (χ2v) is 5.40.